The van der Waals surface area contributed by atoms with E-state index >= 15 is 0 Å². The van der Waals surface area contributed by atoms with Crippen molar-refractivity contribution >= 4 is 19.9 Å². The van der Waals surface area contributed by atoms with Crippen LogP contribution in [0.3, 0.4) is 0 Å². The lowest BCUT2D eigenvalue weighted by Crippen LogP contribution is -2.48. The van der Waals surface area contributed by atoms with E-state index in [4.69, 9.17) is 0 Å². The summed E-state index contributed by atoms with van der Waals surface area (Å²) >= 11 is 0. The highest BCUT2D eigenvalue weighted by molar-refractivity contribution is 7.91. The van der Waals surface area contributed by atoms with Crippen LogP contribution in [-0.4, -0.2) is 52.0 Å². The van der Waals surface area contributed by atoms with E-state index in [1.165, 1.54) is 22.5 Å². The molecule has 0 radical (unpaired) electrons. The van der Waals surface area contributed by atoms with Crippen LogP contribution in [0.15, 0.2) is 52.5 Å². The molecule has 0 amide bonds. The van der Waals surface area contributed by atoms with Crippen molar-refractivity contribution in [1.29, 1.82) is 0 Å². The van der Waals surface area contributed by atoms with Crippen molar-refractivity contribution in [2.75, 3.05) is 25.9 Å². The summed E-state index contributed by atoms with van der Waals surface area (Å²) in [6.07, 6.45) is 4.36. The van der Waals surface area contributed by atoms with E-state index in [9.17, 15) is 16.8 Å². The van der Waals surface area contributed by atoms with Crippen molar-refractivity contribution in [2.24, 2.45) is 0 Å². The second-order valence-corrected chi connectivity index (χ2v) is 10.2. The fourth-order valence-corrected chi connectivity index (χ4v) is 5.63. The first kappa shape index (κ1) is 19.0. The second kappa shape index (κ2) is 7.07. The van der Waals surface area contributed by atoms with Crippen LogP contribution < -0.4 is 5.32 Å². The largest absolute Gasteiger partial charge is 0.313 e. The van der Waals surface area contributed by atoms with Gasteiger partial charge < -0.3 is 5.32 Å². The van der Waals surface area contributed by atoms with Crippen LogP contribution in [-0.2, 0) is 19.9 Å². The third kappa shape index (κ3) is 3.66. The predicted molar refractivity (Wildman–Crippen MR) is 98.0 cm³/mol. The molecule has 0 bridgehead atoms. The summed E-state index contributed by atoms with van der Waals surface area (Å²) < 4.78 is 51.9. The van der Waals surface area contributed by atoms with Crippen molar-refractivity contribution in [1.82, 2.24) is 14.6 Å². The lowest BCUT2D eigenvalue weighted by atomic mass is 10.1. The van der Waals surface area contributed by atoms with Crippen LogP contribution in [0.2, 0.25) is 0 Å². The molecule has 3 rings (SSSR count). The zero-order chi connectivity index (χ0) is 18.9. The zero-order valence-corrected chi connectivity index (χ0v) is 16.2. The fourth-order valence-electron chi connectivity index (χ4n) is 3.05. The Morgan fingerprint density at radius 2 is 1.96 bits per heavy atom. The van der Waals surface area contributed by atoms with E-state index < -0.39 is 25.9 Å². The molecule has 2 aromatic rings. The van der Waals surface area contributed by atoms with Gasteiger partial charge in [-0.25, -0.2) is 16.8 Å². The van der Waals surface area contributed by atoms with Crippen molar-refractivity contribution in [3.8, 4) is 0 Å². The lowest BCUT2D eigenvalue weighted by Gasteiger charge is -2.35. The molecule has 7 nitrogen and oxygen atoms in total. The minimum Gasteiger partial charge on any atom is -0.313 e. The third-order valence-corrected chi connectivity index (χ3v) is 7.60. The van der Waals surface area contributed by atoms with Crippen LogP contribution in [0.5, 0.6) is 0 Å². The van der Waals surface area contributed by atoms with Crippen molar-refractivity contribution in [3.63, 3.8) is 0 Å². The van der Waals surface area contributed by atoms with E-state index in [2.05, 4.69) is 10.3 Å². The molecule has 1 aliphatic rings. The summed E-state index contributed by atoms with van der Waals surface area (Å²) in [5.41, 5.74) is 1.31. The summed E-state index contributed by atoms with van der Waals surface area (Å²) in [5.74, 6) is 0. The Morgan fingerprint density at radius 3 is 2.62 bits per heavy atom. The Labute approximate surface area is 154 Å². The molecule has 1 aliphatic heterocycles. The van der Waals surface area contributed by atoms with E-state index in [-0.39, 0.29) is 9.79 Å². The van der Waals surface area contributed by atoms with Gasteiger partial charge >= 0.3 is 0 Å². The Morgan fingerprint density at radius 1 is 1.19 bits per heavy atom. The highest BCUT2D eigenvalue weighted by Crippen LogP contribution is 2.31. The molecule has 1 unspecified atom stereocenters. The minimum absolute atomic E-state index is 0.00487. The van der Waals surface area contributed by atoms with Crippen molar-refractivity contribution < 1.29 is 16.8 Å². The molecule has 1 fully saturated rings. The molecule has 1 saturated heterocycles. The molecular weight excluding hydrogens is 374 g/mol. The molecule has 1 atom stereocenters. The minimum atomic E-state index is -3.87. The smallest absolute Gasteiger partial charge is 0.244 e. The summed E-state index contributed by atoms with van der Waals surface area (Å²) in [6, 6.07) is 7.42. The number of hydrogen-bond acceptors (Lipinski definition) is 6. The number of sulfone groups is 1. The van der Waals surface area contributed by atoms with Gasteiger partial charge in [0, 0.05) is 38.3 Å². The lowest BCUT2D eigenvalue weighted by molar-refractivity contribution is 0.271. The number of nitrogens with one attached hydrogen (secondary N) is 1. The predicted octanol–water partition coefficient (Wildman–Crippen LogP) is 1.13. The molecule has 2 heterocycles. The number of pyridine rings is 1. The van der Waals surface area contributed by atoms with Gasteiger partial charge in [0.15, 0.2) is 9.84 Å². The number of rotatable bonds is 4. The number of aryl methyl sites for hydroxylation is 1. The molecule has 26 heavy (non-hydrogen) atoms. The Hall–Kier alpha value is -1.81. The van der Waals surface area contributed by atoms with E-state index in [0.29, 0.717) is 25.2 Å². The number of sulfonamides is 1. The number of piperazine rings is 1. The van der Waals surface area contributed by atoms with Gasteiger partial charge in [0.1, 0.15) is 0 Å². The molecule has 1 aromatic carbocycles. The van der Waals surface area contributed by atoms with E-state index in [0.717, 1.165) is 11.8 Å². The number of nitrogens with zero attached hydrogens (tertiary/aromatic N) is 2. The second-order valence-electron chi connectivity index (χ2n) is 6.32. The molecule has 1 aromatic heterocycles. The van der Waals surface area contributed by atoms with Crippen LogP contribution in [0.4, 0.5) is 0 Å². The molecule has 0 aliphatic carbocycles. The molecular formula is C17H21N3O4S2. The van der Waals surface area contributed by atoms with Gasteiger partial charge in [0.2, 0.25) is 10.0 Å². The quantitative estimate of drug-likeness (QED) is 0.834. The van der Waals surface area contributed by atoms with Gasteiger partial charge in [-0.3, -0.25) is 4.98 Å². The Balaban J connectivity index is 2.09. The highest BCUT2D eigenvalue weighted by Gasteiger charge is 2.35. The summed E-state index contributed by atoms with van der Waals surface area (Å²) in [7, 11) is -7.38. The average Bonchev–Trinajstić information content (AvgIpc) is 2.61. The third-order valence-electron chi connectivity index (χ3n) is 4.44. The van der Waals surface area contributed by atoms with Crippen molar-refractivity contribution in [3.05, 3.63) is 53.9 Å². The fraction of sp³-hybridized carbons (Fsp3) is 0.353. The Bertz CT molecular complexity index is 1010. The summed E-state index contributed by atoms with van der Waals surface area (Å²) in [6.45, 7) is 2.96. The maximum atomic E-state index is 13.4. The molecule has 0 spiro atoms. The monoisotopic (exact) mass is 395 g/mol. The summed E-state index contributed by atoms with van der Waals surface area (Å²) in [4.78, 5) is 4.10. The van der Waals surface area contributed by atoms with E-state index in [1.807, 2.05) is 6.07 Å². The topological polar surface area (TPSA) is 96.4 Å². The molecule has 1 N–H and O–H groups in total. The molecule has 0 saturated carbocycles. The van der Waals surface area contributed by atoms with Crippen LogP contribution in [0.25, 0.3) is 0 Å². The van der Waals surface area contributed by atoms with Gasteiger partial charge in [0.05, 0.1) is 15.8 Å². The van der Waals surface area contributed by atoms with Gasteiger partial charge in [-0.2, -0.15) is 4.31 Å². The maximum Gasteiger partial charge on any atom is 0.244 e. The normalized spacial score (nSPS) is 19.4. The SMILES string of the molecule is Cc1ccc(S(C)(=O)=O)cc1S(=O)(=O)N1CCNCC1c1cccnc1. The molecule has 140 valence electrons. The maximum absolute atomic E-state index is 13.4. The van der Waals surface area contributed by atoms with Gasteiger partial charge in [-0.05, 0) is 36.2 Å². The van der Waals surface area contributed by atoms with Crippen molar-refractivity contribution in [2.45, 2.75) is 22.8 Å². The van der Waals surface area contributed by atoms with Gasteiger partial charge in [-0.1, -0.05) is 12.1 Å². The molecule has 9 heteroatoms. The first-order chi connectivity index (χ1) is 12.2. The first-order valence-electron chi connectivity index (χ1n) is 8.14. The van der Waals surface area contributed by atoms with Crippen LogP contribution >= 0.6 is 0 Å². The average molecular weight is 396 g/mol. The Kier molecular flexibility index (Phi) is 5.16. The van der Waals surface area contributed by atoms with Crippen LogP contribution in [0.1, 0.15) is 17.2 Å². The number of benzene rings is 1. The van der Waals surface area contributed by atoms with Crippen LogP contribution in [0, 0.1) is 6.92 Å². The van der Waals surface area contributed by atoms with E-state index in [1.54, 1.807) is 25.4 Å². The summed E-state index contributed by atoms with van der Waals surface area (Å²) in [5, 5.41) is 3.21. The highest BCUT2D eigenvalue weighted by atomic mass is 32.2. The number of hydrogen-bond donors (Lipinski definition) is 1. The number of aromatic nitrogens is 1. The van der Waals surface area contributed by atoms with Gasteiger partial charge in [0.25, 0.3) is 0 Å². The first-order valence-corrected chi connectivity index (χ1v) is 11.5. The standard InChI is InChI=1S/C17H21N3O4S2/c1-13-5-6-15(25(2,21)22)10-17(13)26(23,24)20-9-8-19-12-16(20)14-4-3-7-18-11-14/h3-7,10-11,16,19H,8-9,12H2,1-2H3. The zero-order valence-electron chi connectivity index (χ0n) is 14.6. The van der Waals surface area contributed by atoms with Gasteiger partial charge in [-0.15, -0.1) is 0 Å².